The Hall–Kier alpha value is -0.780. The summed E-state index contributed by atoms with van der Waals surface area (Å²) in [5.41, 5.74) is 2.33. The van der Waals surface area contributed by atoms with Crippen molar-refractivity contribution in [2.45, 2.75) is 26.7 Å². The molecule has 0 amide bonds. The molecular formula is C12H17ClN2O2S. The molecule has 0 unspecified atom stereocenters. The number of aryl methyl sites for hydroxylation is 2. The Morgan fingerprint density at radius 2 is 1.83 bits per heavy atom. The summed E-state index contributed by atoms with van der Waals surface area (Å²) in [5.74, 6) is 0. The second kappa shape index (κ2) is 5.07. The fourth-order valence-electron chi connectivity index (χ4n) is 2.17. The quantitative estimate of drug-likeness (QED) is 0.930. The predicted octanol–water partition coefficient (Wildman–Crippen LogP) is 2.71. The number of hydrogen-bond donors (Lipinski definition) is 1. The number of anilines is 1. The summed E-state index contributed by atoms with van der Waals surface area (Å²) in [5, 5.41) is 0.440. The van der Waals surface area contributed by atoms with Gasteiger partial charge in [0.05, 0.1) is 10.7 Å². The highest BCUT2D eigenvalue weighted by Gasteiger charge is 2.26. The summed E-state index contributed by atoms with van der Waals surface area (Å²) in [6.07, 6.45) is 1.84. The standard InChI is InChI=1S/C12H17ClN2O2S/c1-9-7-10(2)12(11(13)8-9)14-18(16,17)15-5-3-4-6-15/h7-8,14H,3-6H2,1-2H3. The van der Waals surface area contributed by atoms with E-state index in [0.29, 0.717) is 23.8 Å². The van der Waals surface area contributed by atoms with Gasteiger partial charge >= 0.3 is 10.2 Å². The molecule has 1 saturated heterocycles. The lowest BCUT2D eigenvalue weighted by Crippen LogP contribution is -2.33. The molecule has 0 radical (unpaired) electrons. The molecule has 1 aliphatic rings. The fourth-order valence-corrected chi connectivity index (χ4v) is 3.99. The number of hydrogen-bond acceptors (Lipinski definition) is 2. The van der Waals surface area contributed by atoms with Crippen LogP contribution in [0, 0.1) is 13.8 Å². The minimum atomic E-state index is -3.47. The van der Waals surface area contributed by atoms with E-state index in [9.17, 15) is 8.42 Å². The molecule has 1 aliphatic heterocycles. The van der Waals surface area contributed by atoms with Gasteiger partial charge in [-0.15, -0.1) is 0 Å². The van der Waals surface area contributed by atoms with E-state index < -0.39 is 10.2 Å². The number of halogens is 1. The Labute approximate surface area is 113 Å². The largest absolute Gasteiger partial charge is 0.301 e. The van der Waals surface area contributed by atoms with E-state index in [1.165, 1.54) is 4.31 Å². The molecule has 1 N–H and O–H groups in total. The van der Waals surface area contributed by atoms with Gasteiger partial charge in [0.2, 0.25) is 0 Å². The van der Waals surface area contributed by atoms with Gasteiger partial charge in [0.25, 0.3) is 0 Å². The lowest BCUT2D eigenvalue weighted by molar-refractivity contribution is 0.482. The van der Waals surface area contributed by atoms with Crippen LogP contribution >= 0.6 is 11.6 Å². The van der Waals surface area contributed by atoms with Gasteiger partial charge in [-0.05, 0) is 43.9 Å². The zero-order valence-corrected chi connectivity index (χ0v) is 12.1. The highest BCUT2D eigenvalue weighted by molar-refractivity contribution is 7.90. The van der Waals surface area contributed by atoms with Gasteiger partial charge in [-0.2, -0.15) is 12.7 Å². The van der Waals surface area contributed by atoms with E-state index in [2.05, 4.69) is 4.72 Å². The van der Waals surface area contributed by atoms with Gasteiger partial charge in [-0.25, -0.2) is 0 Å². The van der Waals surface area contributed by atoms with E-state index >= 15 is 0 Å². The van der Waals surface area contributed by atoms with E-state index in [4.69, 9.17) is 11.6 Å². The van der Waals surface area contributed by atoms with Crippen LogP contribution in [0.2, 0.25) is 5.02 Å². The van der Waals surface area contributed by atoms with E-state index in [1.807, 2.05) is 19.9 Å². The normalized spacial score (nSPS) is 17.1. The van der Waals surface area contributed by atoms with Gasteiger partial charge in [0, 0.05) is 13.1 Å². The predicted molar refractivity (Wildman–Crippen MR) is 74.3 cm³/mol. The summed E-state index contributed by atoms with van der Waals surface area (Å²) in [6, 6.07) is 3.67. The highest BCUT2D eigenvalue weighted by Crippen LogP contribution is 2.29. The molecule has 0 atom stereocenters. The molecule has 0 spiro atoms. The summed E-state index contributed by atoms with van der Waals surface area (Å²) in [4.78, 5) is 0. The Balaban J connectivity index is 2.29. The highest BCUT2D eigenvalue weighted by atomic mass is 35.5. The zero-order valence-electron chi connectivity index (χ0n) is 10.5. The Kier molecular flexibility index (Phi) is 3.84. The lowest BCUT2D eigenvalue weighted by atomic mass is 10.1. The first-order valence-corrected chi connectivity index (χ1v) is 7.76. The summed E-state index contributed by atoms with van der Waals surface area (Å²) < 4.78 is 28.3. The van der Waals surface area contributed by atoms with Crippen molar-refractivity contribution < 1.29 is 8.42 Å². The number of nitrogens with zero attached hydrogens (tertiary/aromatic N) is 1. The third-order valence-electron chi connectivity index (χ3n) is 3.07. The zero-order chi connectivity index (χ0) is 13.3. The maximum atomic E-state index is 12.1. The molecule has 1 aromatic carbocycles. The van der Waals surface area contributed by atoms with Crippen molar-refractivity contribution >= 4 is 27.5 Å². The second-order valence-electron chi connectivity index (χ2n) is 4.65. The van der Waals surface area contributed by atoms with Crippen LogP contribution < -0.4 is 4.72 Å². The number of benzene rings is 1. The van der Waals surface area contributed by atoms with Crippen LogP contribution in [0.1, 0.15) is 24.0 Å². The molecule has 18 heavy (non-hydrogen) atoms. The van der Waals surface area contributed by atoms with Gasteiger partial charge in [0.1, 0.15) is 0 Å². The lowest BCUT2D eigenvalue weighted by Gasteiger charge is -2.19. The van der Waals surface area contributed by atoms with Crippen molar-refractivity contribution in [1.82, 2.24) is 4.31 Å². The summed E-state index contributed by atoms with van der Waals surface area (Å²) in [7, 11) is -3.47. The number of rotatable bonds is 3. The monoisotopic (exact) mass is 288 g/mol. The first-order valence-electron chi connectivity index (χ1n) is 5.95. The number of nitrogens with one attached hydrogen (secondary N) is 1. The summed E-state index contributed by atoms with van der Waals surface area (Å²) in [6.45, 7) is 4.94. The molecule has 0 bridgehead atoms. The molecule has 0 aliphatic carbocycles. The van der Waals surface area contributed by atoms with Crippen LogP contribution in [0.3, 0.4) is 0 Å². The maximum absolute atomic E-state index is 12.1. The maximum Gasteiger partial charge on any atom is 0.301 e. The summed E-state index contributed by atoms with van der Waals surface area (Å²) >= 11 is 6.10. The molecule has 1 heterocycles. The van der Waals surface area contributed by atoms with Crippen LogP contribution in [0.25, 0.3) is 0 Å². The van der Waals surface area contributed by atoms with Crippen molar-refractivity contribution in [1.29, 1.82) is 0 Å². The molecule has 1 fully saturated rings. The third kappa shape index (κ3) is 2.79. The molecule has 0 aromatic heterocycles. The van der Waals surface area contributed by atoms with Crippen LogP contribution in [-0.4, -0.2) is 25.8 Å². The SMILES string of the molecule is Cc1cc(C)c(NS(=O)(=O)N2CCCC2)c(Cl)c1. The molecule has 4 nitrogen and oxygen atoms in total. The first-order chi connectivity index (χ1) is 8.40. The van der Waals surface area contributed by atoms with Crippen LogP contribution in [0.4, 0.5) is 5.69 Å². The van der Waals surface area contributed by atoms with Gasteiger partial charge in [0.15, 0.2) is 0 Å². The van der Waals surface area contributed by atoms with Crippen LogP contribution in [0.5, 0.6) is 0 Å². The average Bonchev–Trinajstić information content (AvgIpc) is 2.77. The molecular weight excluding hydrogens is 272 g/mol. The average molecular weight is 289 g/mol. The van der Waals surface area contributed by atoms with Gasteiger partial charge in [-0.1, -0.05) is 17.7 Å². The van der Waals surface area contributed by atoms with Crippen molar-refractivity contribution in [3.05, 3.63) is 28.3 Å². The third-order valence-corrected chi connectivity index (χ3v) is 4.87. The first kappa shape index (κ1) is 13.6. The van der Waals surface area contributed by atoms with E-state index in [1.54, 1.807) is 6.07 Å². The Morgan fingerprint density at radius 3 is 2.39 bits per heavy atom. The minimum absolute atomic E-state index is 0.440. The van der Waals surface area contributed by atoms with Crippen LogP contribution in [0.15, 0.2) is 12.1 Å². The molecule has 1 aromatic rings. The Bertz CT molecular complexity index is 528. The van der Waals surface area contributed by atoms with Crippen LogP contribution in [-0.2, 0) is 10.2 Å². The molecule has 100 valence electrons. The Morgan fingerprint density at radius 1 is 1.22 bits per heavy atom. The van der Waals surface area contributed by atoms with Crippen molar-refractivity contribution in [3.8, 4) is 0 Å². The van der Waals surface area contributed by atoms with E-state index in [0.717, 1.165) is 24.0 Å². The van der Waals surface area contributed by atoms with Crippen molar-refractivity contribution in [3.63, 3.8) is 0 Å². The molecule has 2 rings (SSSR count). The fraction of sp³-hybridized carbons (Fsp3) is 0.500. The smallest absolute Gasteiger partial charge is 0.269 e. The molecule has 6 heteroatoms. The second-order valence-corrected chi connectivity index (χ2v) is 6.73. The van der Waals surface area contributed by atoms with Gasteiger partial charge < -0.3 is 0 Å². The topological polar surface area (TPSA) is 49.4 Å². The van der Waals surface area contributed by atoms with Gasteiger partial charge in [-0.3, -0.25) is 4.72 Å². The molecule has 0 saturated carbocycles. The van der Waals surface area contributed by atoms with Crippen molar-refractivity contribution in [2.24, 2.45) is 0 Å². The minimum Gasteiger partial charge on any atom is -0.269 e. The van der Waals surface area contributed by atoms with Crippen molar-refractivity contribution in [2.75, 3.05) is 17.8 Å². The van der Waals surface area contributed by atoms with E-state index in [-0.39, 0.29) is 0 Å².